The zero-order valence-electron chi connectivity index (χ0n) is 15.2. The molecule has 0 aromatic heterocycles. The zero-order chi connectivity index (χ0) is 20.1. The number of anilines is 2. The standard InChI is InChI=1S/C20H19FN2O5/c1-27-17-8-6-16(7-9-17)23-11-13(10-19(23)25)20(26)28-12-18(24)22-15-4-2-14(21)3-5-15/h2-9,13H,10-12H2,1H3,(H,22,24)/t13-/m0/s1. The van der Waals surface area contributed by atoms with Crippen LogP contribution in [-0.2, 0) is 19.1 Å². The Kier molecular flexibility index (Phi) is 5.88. The SMILES string of the molecule is COc1ccc(N2C[C@@H](C(=O)OCC(=O)Nc3ccc(F)cc3)CC2=O)cc1. The summed E-state index contributed by atoms with van der Waals surface area (Å²) in [5.74, 6) is -1.75. The van der Waals surface area contributed by atoms with Gasteiger partial charge in [0.2, 0.25) is 5.91 Å². The van der Waals surface area contributed by atoms with E-state index < -0.39 is 30.2 Å². The van der Waals surface area contributed by atoms with Gasteiger partial charge in [0.05, 0.1) is 13.0 Å². The number of rotatable bonds is 6. The molecule has 2 aromatic rings. The van der Waals surface area contributed by atoms with Crippen LogP contribution >= 0.6 is 0 Å². The summed E-state index contributed by atoms with van der Waals surface area (Å²) in [6.45, 7) is -0.299. The van der Waals surface area contributed by atoms with Crippen LogP contribution in [0.4, 0.5) is 15.8 Å². The van der Waals surface area contributed by atoms with Gasteiger partial charge in [-0.15, -0.1) is 0 Å². The van der Waals surface area contributed by atoms with Crippen LogP contribution in [0, 0.1) is 11.7 Å². The molecular weight excluding hydrogens is 367 g/mol. The van der Waals surface area contributed by atoms with E-state index in [0.29, 0.717) is 17.1 Å². The van der Waals surface area contributed by atoms with Gasteiger partial charge in [-0.2, -0.15) is 0 Å². The summed E-state index contributed by atoms with van der Waals surface area (Å²) in [7, 11) is 1.55. The van der Waals surface area contributed by atoms with Crippen LogP contribution in [0.5, 0.6) is 5.75 Å². The van der Waals surface area contributed by atoms with E-state index in [1.807, 2.05) is 0 Å². The first-order valence-electron chi connectivity index (χ1n) is 8.62. The molecule has 1 N–H and O–H groups in total. The van der Waals surface area contributed by atoms with Gasteiger partial charge in [-0.3, -0.25) is 14.4 Å². The van der Waals surface area contributed by atoms with Gasteiger partial charge in [0.1, 0.15) is 11.6 Å². The molecule has 2 aromatic carbocycles. The number of esters is 1. The highest BCUT2D eigenvalue weighted by Gasteiger charge is 2.36. The quantitative estimate of drug-likeness (QED) is 0.771. The molecule has 0 bridgehead atoms. The van der Waals surface area contributed by atoms with Crippen LogP contribution in [0.2, 0.25) is 0 Å². The molecule has 3 rings (SSSR count). The minimum atomic E-state index is -0.645. The molecule has 1 aliphatic rings. The molecule has 0 radical (unpaired) electrons. The van der Waals surface area contributed by atoms with E-state index in [1.165, 1.54) is 29.2 Å². The number of ether oxygens (including phenoxy) is 2. The molecule has 8 heteroatoms. The first-order valence-corrected chi connectivity index (χ1v) is 8.62. The van der Waals surface area contributed by atoms with Crippen molar-refractivity contribution >= 4 is 29.2 Å². The number of halogens is 1. The van der Waals surface area contributed by atoms with E-state index in [1.54, 1.807) is 31.4 Å². The normalized spacial score (nSPS) is 16.0. The molecule has 2 amide bonds. The Morgan fingerprint density at radius 3 is 2.46 bits per heavy atom. The number of methoxy groups -OCH3 is 1. The summed E-state index contributed by atoms with van der Waals surface area (Å²) in [6.07, 6.45) is 0.0183. The summed E-state index contributed by atoms with van der Waals surface area (Å²) in [6, 6.07) is 12.1. The molecule has 0 aliphatic carbocycles. The zero-order valence-corrected chi connectivity index (χ0v) is 15.2. The van der Waals surface area contributed by atoms with Gasteiger partial charge in [-0.25, -0.2) is 4.39 Å². The Balaban J connectivity index is 1.51. The first-order chi connectivity index (χ1) is 13.5. The lowest BCUT2D eigenvalue weighted by molar-refractivity contribution is -0.151. The van der Waals surface area contributed by atoms with Crippen LogP contribution in [-0.4, -0.2) is 38.0 Å². The third-order valence-electron chi connectivity index (χ3n) is 4.32. The van der Waals surface area contributed by atoms with E-state index in [-0.39, 0.29) is 18.9 Å². The largest absolute Gasteiger partial charge is 0.497 e. The molecule has 146 valence electrons. The number of carbonyl (C=O) groups excluding carboxylic acids is 3. The number of amides is 2. The minimum Gasteiger partial charge on any atom is -0.497 e. The maximum absolute atomic E-state index is 12.9. The van der Waals surface area contributed by atoms with Crippen LogP contribution in [0.15, 0.2) is 48.5 Å². The molecule has 0 unspecified atom stereocenters. The summed E-state index contributed by atoms with van der Waals surface area (Å²) in [5, 5.41) is 2.50. The van der Waals surface area contributed by atoms with Crippen LogP contribution in [0.3, 0.4) is 0 Å². The lowest BCUT2D eigenvalue weighted by Crippen LogP contribution is -2.28. The van der Waals surface area contributed by atoms with Gasteiger partial charge in [0, 0.05) is 24.3 Å². The van der Waals surface area contributed by atoms with Gasteiger partial charge in [0.25, 0.3) is 5.91 Å². The first kappa shape index (κ1) is 19.3. The number of carbonyl (C=O) groups is 3. The van der Waals surface area contributed by atoms with Gasteiger partial charge in [-0.05, 0) is 48.5 Å². The van der Waals surface area contributed by atoms with E-state index in [0.717, 1.165) is 0 Å². The Hall–Kier alpha value is -3.42. The second-order valence-corrected chi connectivity index (χ2v) is 6.27. The van der Waals surface area contributed by atoms with E-state index in [9.17, 15) is 18.8 Å². The molecule has 28 heavy (non-hydrogen) atoms. The van der Waals surface area contributed by atoms with Crippen molar-refractivity contribution in [3.8, 4) is 5.75 Å². The maximum atomic E-state index is 12.9. The van der Waals surface area contributed by atoms with Gasteiger partial charge < -0.3 is 19.7 Å². The molecule has 1 saturated heterocycles. The maximum Gasteiger partial charge on any atom is 0.311 e. The minimum absolute atomic E-state index is 0.0183. The second-order valence-electron chi connectivity index (χ2n) is 6.27. The summed E-state index contributed by atoms with van der Waals surface area (Å²) < 4.78 is 23.0. The van der Waals surface area contributed by atoms with Gasteiger partial charge in [0.15, 0.2) is 6.61 Å². The Morgan fingerprint density at radius 1 is 1.14 bits per heavy atom. The van der Waals surface area contributed by atoms with E-state index in [4.69, 9.17) is 9.47 Å². The van der Waals surface area contributed by atoms with Crippen molar-refractivity contribution in [1.29, 1.82) is 0 Å². The molecule has 1 heterocycles. The van der Waals surface area contributed by atoms with Gasteiger partial charge in [-0.1, -0.05) is 0 Å². The van der Waals surface area contributed by atoms with Crippen molar-refractivity contribution in [2.24, 2.45) is 5.92 Å². The number of hydrogen-bond donors (Lipinski definition) is 1. The Bertz CT molecular complexity index is 867. The van der Waals surface area contributed by atoms with Crippen molar-refractivity contribution in [2.45, 2.75) is 6.42 Å². The third kappa shape index (κ3) is 4.64. The fraction of sp³-hybridized carbons (Fsp3) is 0.250. The second kappa shape index (κ2) is 8.51. The molecule has 0 saturated carbocycles. The number of nitrogens with zero attached hydrogens (tertiary/aromatic N) is 1. The molecule has 1 aliphatic heterocycles. The Labute approximate surface area is 161 Å². The highest BCUT2D eigenvalue weighted by atomic mass is 19.1. The molecule has 1 fully saturated rings. The Morgan fingerprint density at radius 2 is 1.82 bits per heavy atom. The number of nitrogens with one attached hydrogen (secondary N) is 1. The summed E-state index contributed by atoms with van der Waals surface area (Å²) in [5.41, 5.74) is 1.05. The van der Waals surface area contributed by atoms with E-state index in [2.05, 4.69) is 5.32 Å². The van der Waals surface area contributed by atoms with Crippen LogP contribution in [0.25, 0.3) is 0 Å². The molecule has 7 nitrogen and oxygen atoms in total. The predicted molar refractivity (Wildman–Crippen MR) is 99.4 cm³/mol. The highest BCUT2D eigenvalue weighted by Crippen LogP contribution is 2.27. The fourth-order valence-corrected chi connectivity index (χ4v) is 2.86. The van der Waals surface area contributed by atoms with Crippen LogP contribution in [0.1, 0.15) is 6.42 Å². The van der Waals surface area contributed by atoms with Crippen LogP contribution < -0.4 is 15.0 Å². The van der Waals surface area contributed by atoms with Crippen molar-refractivity contribution < 1.29 is 28.2 Å². The fourth-order valence-electron chi connectivity index (χ4n) is 2.86. The average molecular weight is 386 g/mol. The van der Waals surface area contributed by atoms with E-state index >= 15 is 0 Å². The van der Waals surface area contributed by atoms with Crippen molar-refractivity contribution in [3.63, 3.8) is 0 Å². The number of hydrogen-bond acceptors (Lipinski definition) is 5. The average Bonchev–Trinajstić information content (AvgIpc) is 3.10. The third-order valence-corrected chi connectivity index (χ3v) is 4.32. The monoisotopic (exact) mass is 386 g/mol. The lowest BCUT2D eigenvalue weighted by Gasteiger charge is -2.16. The van der Waals surface area contributed by atoms with Crippen molar-refractivity contribution in [2.75, 3.05) is 30.5 Å². The molecular formula is C20H19FN2O5. The molecule has 1 atom stereocenters. The topological polar surface area (TPSA) is 84.9 Å². The van der Waals surface area contributed by atoms with Crippen molar-refractivity contribution in [1.82, 2.24) is 0 Å². The van der Waals surface area contributed by atoms with Gasteiger partial charge >= 0.3 is 5.97 Å². The summed E-state index contributed by atoms with van der Waals surface area (Å²) >= 11 is 0. The number of benzene rings is 2. The van der Waals surface area contributed by atoms with Crippen molar-refractivity contribution in [3.05, 3.63) is 54.3 Å². The highest BCUT2D eigenvalue weighted by molar-refractivity contribution is 6.00. The smallest absolute Gasteiger partial charge is 0.311 e. The summed E-state index contributed by atoms with van der Waals surface area (Å²) in [4.78, 5) is 37.8. The lowest BCUT2D eigenvalue weighted by atomic mass is 10.1. The predicted octanol–water partition coefficient (Wildman–Crippen LogP) is 2.37. The molecule has 0 spiro atoms.